The monoisotopic (exact) mass is 189 g/mol. The second kappa shape index (κ2) is 3.18. The molecule has 0 atom stereocenters. The van der Waals surface area contributed by atoms with Crippen molar-refractivity contribution < 1.29 is 9.84 Å². The van der Waals surface area contributed by atoms with Crippen molar-refractivity contribution in [1.29, 1.82) is 0 Å². The Morgan fingerprint density at radius 1 is 1.29 bits per heavy atom. The molecule has 0 radical (unpaired) electrons. The van der Waals surface area contributed by atoms with E-state index in [-0.39, 0.29) is 5.75 Å². The Morgan fingerprint density at radius 3 is 2.79 bits per heavy atom. The van der Waals surface area contributed by atoms with E-state index in [0.29, 0.717) is 5.88 Å². The average molecular weight is 189 g/mol. The number of fused-ring (bicyclic) bond motifs is 1. The zero-order valence-electron chi connectivity index (χ0n) is 8.11. The minimum atomic E-state index is 0.258. The maximum Gasteiger partial charge on any atom is 0.221 e. The van der Waals surface area contributed by atoms with Crippen LogP contribution in [0.2, 0.25) is 0 Å². The van der Waals surface area contributed by atoms with E-state index in [1.807, 2.05) is 13.0 Å². The number of hydrogen-bond donors (Lipinski definition) is 1. The number of phenols is 1. The van der Waals surface area contributed by atoms with E-state index in [9.17, 15) is 5.11 Å². The first-order valence-electron chi connectivity index (χ1n) is 4.34. The lowest BCUT2D eigenvalue weighted by molar-refractivity contribution is 0.403. The standard InChI is InChI=1S/C11H11NO2/c1-7-6-12-11(14-2)9-4-3-8(13)5-10(7)9/h3-6,13H,1-2H3. The summed E-state index contributed by atoms with van der Waals surface area (Å²) >= 11 is 0. The number of aryl methyl sites for hydroxylation is 1. The third-order valence-corrected chi connectivity index (χ3v) is 2.23. The molecule has 1 aromatic carbocycles. The summed E-state index contributed by atoms with van der Waals surface area (Å²) in [5, 5.41) is 11.2. The molecule has 0 spiro atoms. The number of rotatable bonds is 1. The number of phenolic OH excluding ortho intramolecular Hbond substituents is 1. The quantitative estimate of drug-likeness (QED) is 0.748. The van der Waals surface area contributed by atoms with Crippen molar-refractivity contribution in [3.63, 3.8) is 0 Å². The van der Waals surface area contributed by atoms with Crippen molar-refractivity contribution in [1.82, 2.24) is 4.98 Å². The molecule has 0 unspecified atom stereocenters. The van der Waals surface area contributed by atoms with Gasteiger partial charge in [-0.1, -0.05) is 0 Å². The fraction of sp³-hybridized carbons (Fsp3) is 0.182. The Bertz CT molecular complexity index is 480. The molecule has 2 rings (SSSR count). The first kappa shape index (κ1) is 8.81. The van der Waals surface area contributed by atoms with Gasteiger partial charge in [0.1, 0.15) is 5.75 Å². The second-order valence-corrected chi connectivity index (χ2v) is 3.18. The van der Waals surface area contributed by atoms with Gasteiger partial charge in [-0.15, -0.1) is 0 Å². The maximum absolute atomic E-state index is 9.36. The summed E-state index contributed by atoms with van der Waals surface area (Å²) < 4.78 is 5.13. The Hall–Kier alpha value is -1.77. The molecule has 0 fully saturated rings. The molecule has 1 heterocycles. The fourth-order valence-corrected chi connectivity index (χ4v) is 1.50. The summed E-state index contributed by atoms with van der Waals surface area (Å²) in [7, 11) is 1.59. The Kier molecular flexibility index (Phi) is 2.00. The molecular formula is C11H11NO2. The zero-order valence-corrected chi connectivity index (χ0v) is 8.11. The van der Waals surface area contributed by atoms with Crippen LogP contribution in [0.5, 0.6) is 11.6 Å². The van der Waals surface area contributed by atoms with Crippen LogP contribution in [0.25, 0.3) is 10.8 Å². The number of hydrogen-bond acceptors (Lipinski definition) is 3. The molecule has 14 heavy (non-hydrogen) atoms. The lowest BCUT2D eigenvalue weighted by Crippen LogP contribution is -1.90. The molecule has 0 saturated heterocycles. The van der Waals surface area contributed by atoms with Gasteiger partial charge in [0.25, 0.3) is 0 Å². The van der Waals surface area contributed by atoms with E-state index in [1.54, 1.807) is 25.4 Å². The van der Waals surface area contributed by atoms with Gasteiger partial charge in [0.15, 0.2) is 0 Å². The molecule has 0 aliphatic heterocycles. The number of ether oxygens (including phenoxy) is 1. The van der Waals surface area contributed by atoms with Crippen molar-refractivity contribution >= 4 is 10.8 Å². The highest BCUT2D eigenvalue weighted by molar-refractivity contribution is 5.90. The van der Waals surface area contributed by atoms with E-state index in [0.717, 1.165) is 16.3 Å². The number of aromatic hydroxyl groups is 1. The highest BCUT2D eigenvalue weighted by Gasteiger charge is 2.05. The van der Waals surface area contributed by atoms with Crippen LogP contribution in [0.1, 0.15) is 5.56 Å². The van der Waals surface area contributed by atoms with Gasteiger partial charge in [0.05, 0.1) is 7.11 Å². The summed E-state index contributed by atoms with van der Waals surface area (Å²) in [6.45, 7) is 1.95. The SMILES string of the molecule is COc1ncc(C)c2cc(O)ccc12. The molecule has 3 heteroatoms. The molecule has 3 nitrogen and oxygen atoms in total. The van der Waals surface area contributed by atoms with Crippen LogP contribution in [0.3, 0.4) is 0 Å². The fourth-order valence-electron chi connectivity index (χ4n) is 1.50. The maximum atomic E-state index is 9.36. The molecule has 0 aliphatic rings. The number of methoxy groups -OCH3 is 1. The predicted molar refractivity (Wildman–Crippen MR) is 54.7 cm³/mol. The molecule has 2 aromatic rings. The van der Waals surface area contributed by atoms with E-state index in [4.69, 9.17) is 4.74 Å². The van der Waals surface area contributed by atoms with Crippen LogP contribution < -0.4 is 4.74 Å². The molecule has 72 valence electrons. The molecule has 0 amide bonds. The summed E-state index contributed by atoms with van der Waals surface area (Å²) in [6.07, 6.45) is 1.74. The van der Waals surface area contributed by atoms with E-state index in [2.05, 4.69) is 4.98 Å². The van der Waals surface area contributed by atoms with Gasteiger partial charge in [0, 0.05) is 11.6 Å². The van der Waals surface area contributed by atoms with Crippen molar-refractivity contribution in [2.24, 2.45) is 0 Å². The van der Waals surface area contributed by atoms with Crippen molar-refractivity contribution in [3.8, 4) is 11.6 Å². The molecule has 1 N–H and O–H groups in total. The first-order valence-corrected chi connectivity index (χ1v) is 4.34. The number of aromatic nitrogens is 1. The van der Waals surface area contributed by atoms with Crippen LogP contribution in [-0.4, -0.2) is 17.2 Å². The highest BCUT2D eigenvalue weighted by Crippen LogP contribution is 2.28. The summed E-state index contributed by atoms with van der Waals surface area (Å²) in [5.74, 6) is 0.847. The van der Waals surface area contributed by atoms with Gasteiger partial charge in [-0.3, -0.25) is 0 Å². The van der Waals surface area contributed by atoms with Gasteiger partial charge >= 0.3 is 0 Å². The Morgan fingerprint density at radius 2 is 2.07 bits per heavy atom. The third-order valence-electron chi connectivity index (χ3n) is 2.23. The second-order valence-electron chi connectivity index (χ2n) is 3.18. The zero-order chi connectivity index (χ0) is 10.1. The van der Waals surface area contributed by atoms with Crippen molar-refractivity contribution in [2.75, 3.05) is 7.11 Å². The Balaban J connectivity index is 2.84. The topological polar surface area (TPSA) is 42.4 Å². The van der Waals surface area contributed by atoms with Gasteiger partial charge in [0.2, 0.25) is 5.88 Å². The third kappa shape index (κ3) is 1.27. The number of benzene rings is 1. The van der Waals surface area contributed by atoms with E-state index < -0.39 is 0 Å². The highest BCUT2D eigenvalue weighted by atomic mass is 16.5. The predicted octanol–water partition coefficient (Wildman–Crippen LogP) is 2.26. The average Bonchev–Trinajstić information content (AvgIpc) is 2.19. The normalized spacial score (nSPS) is 10.4. The summed E-state index contributed by atoms with van der Waals surface area (Å²) in [4.78, 5) is 4.15. The molecule has 0 saturated carbocycles. The molecule has 0 aliphatic carbocycles. The van der Waals surface area contributed by atoms with Crippen LogP contribution in [-0.2, 0) is 0 Å². The molecule has 0 bridgehead atoms. The van der Waals surface area contributed by atoms with E-state index >= 15 is 0 Å². The number of pyridine rings is 1. The lowest BCUT2D eigenvalue weighted by atomic mass is 10.1. The van der Waals surface area contributed by atoms with Gasteiger partial charge in [-0.05, 0) is 36.1 Å². The van der Waals surface area contributed by atoms with Crippen LogP contribution >= 0.6 is 0 Å². The summed E-state index contributed by atoms with van der Waals surface area (Å²) in [5.41, 5.74) is 1.02. The van der Waals surface area contributed by atoms with E-state index in [1.165, 1.54) is 0 Å². The largest absolute Gasteiger partial charge is 0.508 e. The summed E-state index contributed by atoms with van der Waals surface area (Å²) in [6, 6.07) is 5.16. The molecule has 1 aromatic heterocycles. The lowest BCUT2D eigenvalue weighted by Gasteiger charge is -2.06. The van der Waals surface area contributed by atoms with Crippen molar-refractivity contribution in [3.05, 3.63) is 30.0 Å². The Labute approximate surface area is 82.0 Å². The molecular weight excluding hydrogens is 178 g/mol. The smallest absolute Gasteiger partial charge is 0.221 e. The van der Waals surface area contributed by atoms with Gasteiger partial charge in [-0.25, -0.2) is 4.98 Å². The minimum Gasteiger partial charge on any atom is -0.508 e. The first-order chi connectivity index (χ1) is 6.72. The van der Waals surface area contributed by atoms with Crippen LogP contribution in [0.15, 0.2) is 24.4 Å². The van der Waals surface area contributed by atoms with Crippen LogP contribution in [0.4, 0.5) is 0 Å². The van der Waals surface area contributed by atoms with Gasteiger partial charge in [-0.2, -0.15) is 0 Å². The van der Waals surface area contributed by atoms with Crippen molar-refractivity contribution in [2.45, 2.75) is 6.92 Å². The van der Waals surface area contributed by atoms with Gasteiger partial charge < -0.3 is 9.84 Å². The number of nitrogens with zero attached hydrogens (tertiary/aromatic N) is 1. The minimum absolute atomic E-state index is 0.258. The van der Waals surface area contributed by atoms with Crippen LogP contribution in [0, 0.1) is 6.92 Å².